The third-order valence-electron chi connectivity index (χ3n) is 4.51. The fourth-order valence-corrected chi connectivity index (χ4v) is 3.14. The standard InChI is InChI=1S/C19H19N3O2/c23-19(15-6-2-1-3-7-15)22-12-10-21(11-13-22)14-17-16-8-4-5-9-18(16)24-20-17/h1-9H,10-14H2. The molecule has 24 heavy (non-hydrogen) atoms. The maximum atomic E-state index is 12.5. The first-order chi connectivity index (χ1) is 11.8. The van der Waals surface area contributed by atoms with Gasteiger partial charge in [-0.05, 0) is 24.3 Å². The van der Waals surface area contributed by atoms with Crippen molar-refractivity contribution < 1.29 is 9.32 Å². The summed E-state index contributed by atoms with van der Waals surface area (Å²) in [6.45, 7) is 3.93. The van der Waals surface area contributed by atoms with Crippen LogP contribution < -0.4 is 0 Å². The lowest BCUT2D eigenvalue weighted by Gasteiger charge is -2.34. The van der Waals surface area contributed by atoms with E-state index in [4.69, 9.17) is 4.52 Å². The number of carbonyl (C=O) groups is 1. The molecule has 0 spiro atoms. The maximum absolute atomic E-state index is 12.5. The largest absolute Gasteiger partial charge is 0.356 e. The van der Waals surface area contributed by atoms with Crippen LogP contribution in [0, 0.1) is 0 Å². The molecule has 0 N–H and O–H groups in total. The lowest BCUT2D eigenvalue weighted by Crippen LogP contribution is -2.48. The number of piperazine rings is 1. The van der Waals surface area contributed by atoms with Crippen LogP contribution in [0.3, 0.4) is 0 Å². The van der Waals surface area contributed by atoms with Gasteiger partial charge in [0.25, 0.3) is 5.91 Å². The van der Waals surface area contributed by atoms with Gasteiger partial charge in [0, 0.05) is 43.7 Å². The molecule has 1 amide bonds. The van der Waals surface area contributed by atoms with Crippen molar-refractivity contribution in [3.63, 3.8) is 0 Å². The van der Waals surface area contributed by atoms with Crippen LogP contribution >= 0.6 is 0 Å². The molecular weight excluding hydrogens is 302 g/mol. The number of nitrogens with zero attached hydrogens (tertiary/aromatic N) is 3. The first kappa shape index (κ1) is 14.9. The number of hydrogen-bond acceptors (Lipinski definition) is 4. The highest BCUT2D eigenvalue weighted by atomic mass is 16.5. The van der Waals surface area contributed by atoms with Crippen molar-refractivity contribution in [2.24, 2.45) is 0 Å². The highest BCUT2D eigenvalue weighted by Crippen LogP contribution is 2.20. The summed E-state index contributed by atoms with van der Waals surface area (Å²) in [6.07, 6.45) is 0. The Kier molecular flexibility index (Phi) is 4.01. The Morgan fingerprint density at radius 3 is 2.46 bits per heavy atom. The van der Waals surface area contributed by atoms with Crippen molar-refractivity contribution in [2.75, 3.05) is 26.2 Å². The van der Waals surface area contributed by atoms with E-state index in [1.54, 1.807) is 0 Å². The van der Waals surface area contributed by atoms with Gasteiger partial charge in [-0.25, -0.2) is 0 Å². The van der Waals surface area contributed by atoms with Crippen LogP contribution in [0.2, 0.25) is 0 Å². The predicted octanol–water partition coefficient (Wildman–Crippen LogP) is 2.79. The molecule has 4 rings (SSSR count). The van der Waals surface area contributed by atoms with Crippen molar-refractivity contribution in [1.82, 2.24) is 15.0 Å². The third-order valence-corrected chi connectivity index (χ3v) is 4.51. The molecule has 122 valence electrons. The monoisotopic (exact) mass is 321 g/mol. The summed E-state index contributed by atoms with van der Waals surface area (Å²) < 4.78 is 5.37. The van der Waals surface area contributed by atoms with Gasteiger partial charge in [-0.2, -0.15) is 0 Å². The minimum Gasteiger partial charge on any atom is -0.356 e. The summed E-state index contributed by atoms with van der Waals surface area (Å²) in [5.74, 6) is 0.113. The van der Waals surface area contributed by atoms with E-state index in [9.17, 15) is 4.79 Å². The van der Waals surface area contributed by atoms with Crippen LogP contribution in [0.1, 0.15) is 16.1 Å². The normalized spacial score (nSPS) is 15.8. The number of fused-ring (bicyclic) bond motifs is 1. The number of aromatic nitrogens is 1. The molecule has 5 heteroatoms. The van der Waals surface area contributed by atoms with Gasteiger partial charge in [-0.1, -0.05) is 35.5 Å². The fourth-order valence-electron chi connectivity index (χ4n) is 3.14. The summed E-state index contributed by atoms with van der Waals surface area (Å²) in [5.41, 5.74) is 2.55. The van der Waals surface area contributed by atoms with E-state index < -0.39 is 0 Å². The molecule has 2 heterocycles. The van der Waals surface area contributed by atoms with Crippen molar-refractivity contribution in [1.29, 1.82) is 0 Å². The smallest absolute Gasteiger partial charge is 0.253 e. The number of rotatable bonds is 3. The van der Waals surface area contributed by atoms with Crippen LogP contribution in [0.5, 0.6) is 0 Å². The Morgan fingerprint density at radius 1 is 0.958 bits per heavy atom. The van der Waals surface area contributed by atoms with Gasteiger partial charge >= 0.3 is 0 Å². The zero-order chi connectivity index (χ0) is 16.4. The molecule has 1 aliphatic rings. The van der Waals surface area contributed by atoms with Gasteiger partial charge in [0.15, 0.2) is 5.58 Å². The van der Waals surface area contributed by atoms with Crippen molar-refractivity contribution in [3.05, 3.63) is 65.9 Å². The number of para-hydroxylation sites is 1. The zero-order valence-electron chi connectivity index (χ0n) is 13.4. The molecule has 1 aromatic heterocycles. The lowest BCUT2D eigenvalue weighted by molar-refractivity contribution is 0.0626. The van der Waals surface area contributed by atoms with E-state index >= 15 is 0 Å². The van der Waals surface area contributed by atoms with Crippen molar-refractivity contribution in [3.8, 4) is 0 Å². The molecule has 0 radical (unpaired) electrons. The molecule has 0 unspecified atom stereocenters. The summed E-state index contributed by atoms with van der Waals surface area (Å²) in [7, 11) is 0. The lowest BCUT2D eigenvalue weighted by atomic mass is 10.1. The minimum absolute atomic E-state index is 0.113. The molecule has 3 aromatic rings. The van der Waals surface area contributed by atoms with E-state index in [2.05, 4.69) is 10.1 Å². The average Bonchev–Trinajstić information content (AvgIpc) is 3.06. The molecule has 5 nitrogen and oxygen atoms in total. The van der Waals surface area contributed by atoms with Gasteiger partial charge in [-0.15, -0.1) is 0 Å². The number of hydrogen-bond donors (Lipinski definition) is 0. The molecule has 1 saturated heterocycles. The molecule has 1 aliphatic heterocycles. The van der Waals surface area contributed by atoms with E-state index in [0.29, 0.717) is 0 Å². The topological polar surface area (TPSA) is 49.6 Å². The van der Waals surface area contributed by atoms with Crippen LogP contribution in [-0.2, 0) is 6.54 Å². The van der Waals surface area contributed by atoms with Crippen molar-refractivity contribution in [2.45, 2.75) is 6.54 Å². The average molecular weight is 321 g/mol. The number of benzene rings is 2. The second kappa shape index (κ2) is 6.45. The van der Waals surface area contributed by atoms with Crippen LogP contribution in [0.15, 0.2) is 59.1 Å². The third kappa shape index (κ3) is 2.90. The van der Waals surface area contributed by atoms with E-state index in [1.807, 2.05) is 59.5 Å². The predicted molar refractivity (Wildman–Crippen MR) is 91.6 cm³/mol. The highest BCUT2D eigenvalue weighted by molar-refractivity contribution is 5.94. The Bertz CT molecular complexity index is 836. The van der Waals surface area contributed by atoms with E-state index in [1.165, 1.54) is 0 Å². The summed E-state index contributed by atoms with van der Waals surface area (Å²) >= 11 is 0. The Labute approximate surface area is 140 Å². The molecule has 0 saturated carbocycles. The fraction of sp³-hybridized carbons (Fsp3) is 0.263. The number of carbonyl (C=O) groups excluding carboxylic acids is 1. The van der Waals surface area contributed by atoms with Crippen LogP contribution in [0.25, 0.3) is 11.0 Å². The van der Waals surface area contributed by atoms with Gasteiger partial charge in [0.1, 0.15) is 5.69 Å². The summed E-state index contributed by atoms with van der Waals surface area (Å²) in [5, 5.41) is 5.26. The Morgan fingerprint density at radius 2 is 1.67 bits per heavy atom. The second-order valence-corrected chi connectivity index (χ2v) is 6.06. The minimum atomic E-state index is 0.113. The molecule has 0 atom stereocenters. The first-order valence-electron chi connectivity index (χ1n) is 8.21. The highest BCUT2D eigenvalue weighted by Gasteiger charge is 2.23. The summed E-state index contributed by atoms with van der Waals surface area (Å²) in [4.78, 5) is 16.7. The number of amides is 1. The molecule has 2 aromatic carbocycles. The molecule has 0 aliphatic carbocycles. The first-order valence-corrected chi connectivity index (χ1v) is 8.21. The SMILES string of the molecule is O=C(c1ccccc1)N1CCN(Cc2noc3ccccc23)CC1. The Hall–Kier alpha value is -2.66. The van der Waals surface area contributed by atoms with Crippen LogP contribution in [0.4, 0.5) is 0 Å². The quantitative estimate of drug-likeness (QED) is 0.744. The molecular formula is C19H19N3O2. The zero-order valence-corrected chi connectivity index (χ0v) is 13.4. The van der Waals surface area contributed by atoms with Crippen molar-refractivity contribution >= 4 is 16.9 Å². The van der Waals surface area contributed by atoms with Gasteiger partial charge in [-0.3, -0.25) is 9.69 Å². The summed E-state index contributed by atoms with van der Waals surface area (Å²) in [6, 6.07) is 17.4. The van der Waals surface area contributed by atoms with E-state index in [-0.39, 0.29) is 5.91 Å². The van der Waals surface area contributed by atoms with Gasteiger partial charge < -0.3 is 9.42 Å². The molecule has 0 bridgehead atoms. The second-order valence-electron chi connectivity index (χ2n) is 6.06. The van der Waals surface area contributed by atoms with Crippen LogP contribution in [-0.4, -0.2) is 47.0 Å². The van der Waals surface area contributed by atoms with Gasteiger partial charge in [0.05, 0.1) is 0 Å². The van der Waals surface area contributed by atoms with E-state index in [0.717, 1.165) is 55.0 Å². The molecule has 1 fully saturated rings. The maximum Gasteiger partial charge on any atom is 0.253 e. The van der Waals surface area contributed by atoms with Gasteiger partial charge in [0.2, 0.25) is 0 Å². The Balaban J connectivity index is 1.39.